The van der Waals surface area contributed by atoms with Crippen molar-refractivity contribution in [3.05, 3.63) is 0 Å². The van der Waals surface area contributed by atoms with Gasteiger partial charge in [0.25, 0.3) is 0 Å². The second-order valence-corrected chi connectivity index (χ2v) is 11.9. The van der Waals surface area contributed by atoms with Crippen LogP contribution in [0.3, 0.4) is 0 Å². The van der Waals surface area contributed by atoms with Crippen LogP contribution in [0.1, 0.15) is 32.6 Å². The summed E-state index contributed by atoms with van der Waals surface area (Å²) in [7, 11) is 6.79. The van der Waals surface area contributed by atoms with E-state index in [1.54, 1.807) is 28.4 Å². The highest BCUT2D eigenvalue weighted by atomic mass is 16.5. The number of piperidine rings is 1. The lowest BCUT2D eigenvalue weighted by Crippen LogP contribution is -2.82. The maximum Gasteiger partial charge on any atom is 0.136 e. The third-order valence-corrected chi connectivity index (χ3v) is 11.5. The number of methoxy groups -OCH3 is 4. The Morgan fingerprint density at radius 3 is 2.42 bits per heavy atom. The van der Waals surface area contributed by atoms with Gasteiger partial charge < -0.3 is 34.3 Å². The van der Waals surface area contributed by atoms with Crippen LogP contribution in [0.2, 0.25) is 0 Å². The average molecular weight is 468 g/mol. The lowest BCUT2D eigenvalue weighted by atomic mass is 9.42. The second kappa shape index (κ2) is 7.13. The van der Waals surface area contributed by atoms with Crippen LogP contribution in [-0.2, 0) is 18.9 Å². The maximum atomic E-state index is 12.9. The summed E-state index contributed by atoms with van der Waals surface area (Å²) in [4.78, 5) is 2.33. The minimum atomic E-state index is -1.55. The monoisotopic (exact) mass is 467 g/mol. The van der Waals surface area contributed by atoms with Crippen molar-refractivity contribution in [3.8, 4) is 0 Å². The molecule has 1 saturated heterocycles. The summed E-state index contributed by atoms with van der Waals surface area (Å²) in [5, 5.41) is 37.6. The lowest BCUT2D eigenvalue weighted by Gasteiger charge is -2.69. The van der Waals surface area contributed by atoms with E-state index in [1.165, 1.54) is 0 Å². The molecule has 6 aliphatic rings. The molecule has 188 valence electrons. The molecule has 1 spiro atoms. The molecule has 5 aliphatic carbocycles. The van der Waals surface area contributed by atoms with Crippen LogP contribution < -0.4 is 0 Å². The highest BCUT2D eigenvalue weighted by molar-refractivity contribution is 5.41. The fraction of sp³-hybridized carbons (Fsp3) is 1.00. The molecule has 0 amide bonds. The van der Waals surface area contributed by atoms with Crippen LogP contribution in [-0.4, -0.2) is 110 Å². The number of likely N-dealkylation sites (N-methyl/N-ethyl adjacent to an activating group) is 1. The summed E-state index contributed by atoms with van der Waals surface area (Å²) in [6.45, 7) is 4.18. The molecule has 8 nitrogen and oxygen atoms in total. The van der Waals surface area contributed by atoms with Crippen LogP contribution in [0.25, 0.3) is 0 Å². The molecule has 13 atom stereocenters. The van der Waals surface area contributed by atoms with Gasteiger partial charge in [-0.1, -0.05) is 6.92 Å². The summed E-state index contributed by atoms with van der Waals surface area (Å²) in [5.41, 5.74) is -3.82. The van der Waals surface area contributed by atoms with E-state index < -0.39 is 28.8 Å². The van der Waals surface area contributed by atoms with E-state index in [2.05, 4.69) is 11.8 Å². The Morgan fingerprint density at radius 2 is 1.82 bits per heavy atom. The first-order valence-electron chi connectivity index (χ1n) is 12.7. The molecule has 0 aromatic heterocycles. The van der Waals surface area contributed by atoms with Gasteiger partial charge in [0, 0.05) is 70.0 Å². The molecule has 3 N–H and O–H groups in total. The van der Waals surface area contributed by atoms with Gasteiger partial charge in [-0.05, 0) is 31.7 Å². The number of hydrogen-bond acceptors (Lipinski definition) is 8. The molecule has 1 aliphatic heterocycles. The van der Waals surface area contributed by atoms with Gasteiger partial charge in [-0.3, -0.25) is 4.90 Å². The molecule has 0 radical (unpaired) electrons. The van der Waals surface area contributed by atoms with Crippen LogP contribution in [0.5, 0.6) is 0 Å². The fourth-order valence-corrected chi connectivity index (χ4v) is 11.0. The number of aliphatic hydroxyl groups is 3. The fourth-order valence-electron chi connectivity index (χ4n) is 11.0. The van der Waals surface area contributed by atoms with Crippen molar-refractivity contribution in [2.75, 3.05) is 48.1 Å². The second-order valence-electron chi connectivity index (χ2n) is 11.9. The SMILES string of the molecule is CCN1C[C@]2(COC)CC[C@H](O)[C@@]34C5C[C@H]6C(OC)C5[C@](O)(C[C@H]6OC)C(O)(C(OC)C23)C14. The van der Waals surface area contributed by atoms with Crippen molar-refractivity contribution in [1.29, 1.82) is 0 Å². The van der Waals surface area contributed by atoms with E-state index in [0.717, 1.165) is 25.9 Å². The quantitative estimate of drug-likeness (QED) is 0.512. The molecule has 0 aromatic carbocycles. The normalized spacial score (nSPS) is 60.9. The van der Waals surface area contributed by atoms with Crippen LogP contribution in [0.4, 0.5) is 0 Å². The Morgan fingerprint density at radius 1 is 1.06 bits per heavy atom. The van der Waals surface area contributed by atoms with E-state index >= 15 is 0 Å². The van der Waals surface area contributed by atoms with Gasteiger partial charge in [0.05, 0.1) is 37.1 Å². The number of aliphatic hydroxyl groups excluding tert-OH is 1. The minimum absolute atomic E-state index is 0.00825. The predicted octanol–water partition coefficient (Wildman–Crippen LogP) is 0.271. The zero-order valence-electron chi connectivity index (χ0n) is 20.6. The first-order chi connectivity index (χ1) is 15.8. The Balaban J connectivity index is 1.67. The molecule has 6 fully saturated rings. The summed E-state index contributed by atoms with van der Waals surface area (Å²) in [5.74, 6) is -0.231. The van der Waals surface area contributed by atoms with Gasteiger partial charge in [0.2, 0.25) is 0 Å². The highest BCUT2D eigenvalue weighted by Gasteiger charge is 2.91. The van der Waals surface area contributed by atoms with Crippen molar-refractivity contribution in [1.82, 2.24) is 4.90 Å². The van der Waals surface area contributed by atoms with Gasteiger partial charge in [-0.15, -0.1) is 0 Å². The number of fused-ring (bicyclic) bond motifs is 2. The Hall–Kier alpha value is -0.320. The van der Waals surface area contributed by atoms with E-state index in [1.807, 2.05) is 0 Å². The smallest absolute Gasteiger partial charge is 0.136 e. The first-order valence-corrected chi connectivity index (χ1v) is 12.7. The largest absolute Gasteiger partial charge is 0.392 e. The summed E-state index contributed by atoms with van der Waals surface area (Å²) >= 11 is 0. The first kappa shape index (κ1) is 23.1. The van der Waals surface area contributed by atoms with Gasteiger partial charge in [-0.25, -0.2) is 0 Å². The number of hydrogen-bond donors (Lipinski definition) is 3. The van der Waals surface area contributed by atoms with E-state index in [9.17, 15) is 15.3 Å². The zero-order valence-corrected chi connectivity index (χ0v) is 20.6. The van der Waals surface area contributed by atoms with Gasteiger partial charge >= 0.3 is 0 Å². The van der Waals surface area contributed by atoms with Gasteiger partial charge in [-0.2, -0.15) is 0 Å². The Kier molecular flexibility index (Phi) is 4.99. The molecule has 0 aromatic rings. The van der Waals surface area contributed by atoms with Crippen LogP contribution >= 0.6 is 0 Å². The third-order valence-electron chi connectivity index (χ3n) is 11.5. The Bertz CT molecular complexity index is 814. The van der Waals surface area contributed by atoms with Crippen LogP contribution in [0, 0.1) is 34.5 Å². The van der Waals surface area contributed by atoms with Gasteiger partial charge in [0.1, 0.15) is 11.2 Å². The number of likely N-dealkylation sites (tertiary alicyclic amines) is 1. The van der Waals surface area contributed by atoms with Gasteiger partial charge in [0.15, 0.2) is 0 Å². The van der Waals surface area contributed by atoms with Crippen molar-refractivity contribution in [2.24, 2.45) is 34.5 Å². The summed E-state index contributed by atoms with van der Waals surface area (Å²) < 4.78 is 24.0. The molecule has 33 heavy (non-hydrogen) atoms. The number of ether oxygens (including phenoxy) is 4. The number of rotatable bonds is 6. The minimum Gasteiger partial charge on any atom is -0.392 e. The molecular weight excluding hydrogens is 426 g/mol. The zero-order chi connectivity index (χ0) is 23.6. The van der Waals surface area contributed by atoms with E-state index in [-0.39, 0.29) is 47.3 Å². The molecule has 1 heterocycles. The predicted molar refractivity (Wildman–Crippen MR) is 119 cm³/mol. The topological polar surface area (TPSA) is 101 Å². The Labute approximate surface area is 196 Å². The van der Waals surface area contributed by atoms with Crippen molar-refractivity contribution >= 4 is 0 Å². The van der Waals surface area contributed by atoms with E-state index in [4.69, 9.17) is 18.9 Å². The molecule has 7 bridgehead atoms. The lowest BCUT2D eigenvalue weighted by molar-refractivity contribution is -0.318. The van der Waals surface area contributed by atoms with Crippen molar-refractivity contribution in [3.63, 3.8) is 0 Å². The van der Waals surface area contributed by atoms with Crippen LogP contribution in [0.15, 0.2) is 0 Å². The summed E-state index contributed by atoms with van der Waals surface area (Å²) in [6, 6.07) is -0.386. The third kappa shape index (κ3) is 2.20. The summed E-state index contributed by atoms with van der Waals surface area (Å²) in [6.07, 6.45) is 1.06. The highest BCUT2D eigenvalue weighted by Crippen LogP contribution is 2.80. The molecular formula is C25H41NO7. The molecule has 8 heteroatoms. The maximum absolute atomic E-state index is 12.9. The average Bonchev–Trinajstić information content (AvgIpc) is 3.22. The molecule has 5 saturated carbocycles. The van der Waals surface area contributed by atoms with E-state index in [0.29, 0.717) is 19.4 Å². The standard InChI is InChI=1S/C25H41NO7/c1-6-26-11-22(12-30-2)8-7-16(27)24-14-9-13-15(31-3)10-23(28,17(14)18(13)32-4)25(29,21(24)26)20(33-5)19(22)24/h13-21,27-29H,6-12H2,1-5H3/t13-,14?,15-,16+,17?,18?,19?,20?,21?,22+,23-,24+,25?/m1/s1. The molecule has 6 rings (SSSR count). The van der Waals surface area contributed by atoms with Crippen molar-refractivity contribution < 1.29 is 34.3 Å². The molecule has 7 unspecified atom stereocenters. The van der Waals surface area contributed by atoms with Crippen molar-refractivity contribution in [2.45, 2.75) is 74.3 Å². The number of nitrogens with zero attached hydrogens (tertiary/aromatic N) is 1.